The molecule has 0 fully saturated rings. The average Bonchev–Trinajstić information content (AvgIpc) is 3.07. The highest BCUT2D eigenvalue weighted by atomic mass is 19.4. The fraction of sp³-hybridized carbons (Fsp3) is 0.122. The van der Waals surface area contributed by atoms with Gasteiger partial charge in [-0.3, -0.25) is 0 Å². The first-order valence-electron chi connectivity index (χ1n) is 15.8. The third kappa shape index (κ3) is 8.68. The molecule has 0 radical (unpaired) electrons. The Kier molecular flexibility index (Phi) is 10.3. The number of hydrogen-bond donors (Lipinski definition) is 4. The zero-order valence-electron chi connectivity index (χ0n) is 28.0. The molecule has 0 heterocycles. The van der Waals surface area contributed by atoms with E-state index in [0.717, 1.165) is 29.1 Å². The van der Waals surface area contributed by atoms with Crippen LogP contribution in [0.2, 0.25) is 0 Å². The van der Waals surface area contributed by atoms with Crippen molar-refractivity contribution in [1.82, 2.24) is 0 Å². The monoisotopic (exact) mass is 676 g/mol. The van der Waals surface area contributed by atoms with Crippen LogP contribution in [-0.2, 0) is 11.6 Å². The van der Waals surface area contributed by atoms with Gasteiger partial charge in [0.15, 0.2) is 0 Å². The lowest BCUT2D eigenvalue weighted by atomic mass is 9.78. The van der Waals surface area contributed by atoms with Gasteiger partial charge in [-0.1, -0.05) is 50.2 Å². The number of alkyl halides is 3. The van der Waals surface area contributed by atoms with Crippen LogP contribution in [0.4, 0.5) is 35.9 Å². The Labute approximate surface area is 290 Å². The molecule has 0 saturated heterocycles. The van der Waals surface area contributed by atoms with Crippen molar-refractivity contribution in [2.45, 2.75) is 32.4 Å². The second-order valence-corrected chi connectivity index (χ2v) is 12.4. The van der Waals surface area contributed by atoms with E-state index in [-0.39, 0.29) is 16.7 Å². The third-order valence-corrected chi connectivity index (χ3v) is 8.27. The second kappa shape index (κ2) is 14.6. The Morgan fingerprint density at radius 2 is 0.780 bits per heavy atom. The van der Waals surface area contributed by atoms with Crippen LogP contribution in [0.5, 0.6) is 23.0 Å². The van der Waals surface area contributed by atoms with Gasteiger partial charge in [-0.05, 0) is 132 Å². The van der Waals surface area contributed by atoms with E-state index < -0.39 is 11.7 Å². The Bertz CT molecular complexity index is 1950. The van der Waals surface area contributed by atoms with Gasteiger partial charge in [0.25, 0.3) is 0 Å². The van der Waals surface area contributed by atoms with Gasteiger partial charge in [0, 0.05) is 28.2 Å². The average molecular weight is 677 g/mol. The highest BCUT2D eigenvalue weighted by Gasteiger charge is 2.34. The van der Waals surface area contributed by atoms with Gasteiger partial charge in [0.2, 0.25) is 0 Å². The molecule has 50 heavy (non-hydrogen) atoms. The van der Waals surface area contributed by atoms with Crippen molar-refractivity contribution in [2.75, 3.05) is 22.9 Å². The smallest absolute Gasteiger partial charge is 0.417 e. The van der Waals surface area contributed by atoms with Crippen molar-refractivity contribution in [1.29, 1.82) is 0 Å². The van der Waals surface area contributed by atoms with Crippen molar-refractivity contribution in [2.24, 2.45) is 0 Å². The van der Waals surface area contributed by atoms with Crippen LogP contribution in [0.1, 0.15) is 36.1 Å². The van der Waals surface area contributed by atoms with Gasteiger partial charge in [-0.25, -0.2) is 0 Å². The first-order chi connectivity index (χ1) is 23.7. The van der Waals surface area contributed by atoms with E-state index in [9.17, 15) is 13.2 Å². The van der Waals surface area contributed by atoms with Crippen molar-refractivity contribution in [3.05, 3.63) is 156 Å². The van der Waals surface area contributed by atoms with Crippen molar-refractivity contribution < 1.29 is 22.6 Å². The molecule has 6 aromatic carbocycles. The van der Waals surface area contributed by atoms with E-state index in [0.29, 0.717) is 28.2 Å². The molecule has 6 nitrogen and oxygen atoms in total. The fourth-order valence-corrected chi connectivity index (χ4v) is 5.41. The van der Waals surface area contributed by atoms with Gasteiger partial charge in [0.05, 0.1) is 5.56 Å². The molecule has 0 aromatic heterocycles. The quantitative estimate of drug-likeness (QED) is 0.125. The van der Waals surface area contributed by atoms with Crippen LogP contribution >= 0.6 is 0 Å². The lowest BCUT2D eigenvalue weighted by Crippen LogP contribution is -2.18. The number of benzene rings is 6. The molecule has 6 rings (SSSR count). The molecular weight excluding hydrogens is 637 g/mol. The minimum Gasteiger partial charge on any atom is -0.457 e. The summed E-state index contributed by atoms with van der Waals surface area (Å²) in [5.41, 5.74) is 27.3. The Hall–Kier alpha value is -6.09. The van der Waals surface area contributed by atoms with Gasteiger partial charge in [-0.2, -0.15) is 13.2 Å². The predicted octanol–water partition coefficient (Wildman–Crippen LogP) is 10.6. The summed E-state index contributed by atoms with van der Waals surface area (Å²) in [6.45, 7) is 6.14. The molecule has 0 saturated carbocycles. The molecule has 0 spiro atoms. The summed E-state index contributed by atoms with van der Waals surface area (Å²) < 4.78 is 50.9. The van der Waals surface area contributed by atoms with E-state index >= 15 is 0 Å². The SMILES string of the molecule is CC(C)(c1ccc(Oc2ccc(N)cc2)cc1)c1ccc(Oc2ccc(N)cc2)cc1.Cc1cc(N)ccc1-c1ccc(N)cc1C(F)(F)F. The van der Waals surface area contributed by atoms with Gasteiger partial charge < -0.3 is 32.4 Å². The Morgan fingerprint density at radius 1 is 0.440 bits per heavy atom. The highest BCUT2D eigenvalue weighted by Crippen LogP contribution is 2.40. The minimum atomic E-state index is -4.45. The summed E-state index contributed by atoms with van der Waals surface area (Å²) in [6, 6.07) is 39.7. The molecule has 0 amide bonds. The van der Waals surface area contributed by atoms with E-state index in [1.165, 1.54) is 23.3 Å². The number of anilines is 4. The van der Waals surface area contributed by atoms with E-state index in [1.807, 2.05) is 72.8 Å². The number of rotatable bonds is 7. The molecule has 0 aliphatic heterocycles. The molecule has 256 valence electrons. The summed E-state index contributed by atoms with van der Waals surface area (Å²) in [5, 5.41) is 0. The normalized spacial score (nSPS) is 11.3. The zero-order valence-corrected chi connectivity index (χ0v) is 28.0. The standard InChI is InChI=1S/C27H26N2O2.C14H13F3N2/c1-27(2,19-3-11-23(12-4-19)30-25-15-7-21(28)8-16-25)20-5-13-24(14-6-20)31-26-17-9-22(29)10-18-26;1-8-6-9(18)2-4-11(8)12-5-3-10(19)7-13(12)14(15,16)17/h3-18H,28-29H2,1-2H3;2-7H,18-19H2,1H3. The van der Waals surface area contributed by atoms with E-state index in [4.69, 9.17) is 32.4 Å². The highest BCUT2D eigenvalue weighted by molar-refractivity contribution is 5.74. The van der Waals surface area contributed by atoms with Crippen LogP contribution in [0.15, 0.2) is 133 Å². The number of halogens is 3. The van der Waals surface area contributed by atoms with Gasteiger partial charge >= 0.3 is 6.18 Å². The molecule has 0 aliphatic carbocycles. The fourth-order valence-electron chi connectivity index (χ4n) is 5.41. The van der Waals surface area contributed by atoms with Crippen LogP contribution in [0, 0.1) is 6.92 Å². The maximum absolute atomic E-state index is 13.0. The lowest BCUT2D eigenvalue weighted by molar-refractivity contribution is -0.137. The third-order valence-electron chi connectivity index (χ3n) is 8.27. The largest absolute Gasteiger partial charge is 0.457 e. The molecule has 0 unspecified atom stereocenters. The van der Waals surface area contributed by atoms with Crippen LogP contribution in [0.25, 0.3) is 11.1 Å². The molecule has 8 N–H and O–H groups in total. The molecule has 0 atom stereocenters. The van der Waals surface area contributed by atoms with Crippen molar-refractivity contribution >= 4 is 22.7 Å². The second-order valence-electron chi connectivity index (χ2n) is 12.4. The number of aryl methyl sites for hydroxylation is 1. The summed E-state index contributed by atoms with van der Waals surface area (Å²) in [7, 11) is 0. The van der Waals surface area contributed by atoms with E-state index in [2.05, 4.69) is 38.1 Å². The number of nitrogen functional groups attached to an aromatic ring is 4. The maximum atomic E-state index is 13.0. The number of hydrogen-bond acceptors (Lipinski definition) is 6. The number of ether oxygens (including phenoxy) is 2. The zero-order chi connectivity index (χ0) is 36.1. The van der Waals surface area contributed by atoms with E-state index in [1.54, 1.807) is 25.1 Å². The molecule has 9 heteroatoms. The summed E-state index contributed by atoms with van der Waals surface area (Å²) in [6.07, 6.45) is -4.45. The minimum absolute atomic E-state index is 0.0872. The van der Waals surface area contributed by atoms with Crippen molar-refractivity contribution in [3.8, 4) is 34.1 Å². The van der Waals surface area contributed by atoms with Crippen molar-refractivity contribution in [3.63, 3.8) is 0 Å². The molecule has 0 bridgehead atoms. The van der Waals surface area contributed by atoms with Gasteiger partial charge in [-0.15, -0.1) is 0 Å². The number of nitrogens with two attached hydrogens (primary N) is 4. The van der Waals surface area contributed by atoms with Crippen LogP contribution < -0.4 is 32.4 Å². The topological polar surface area (TPSA) is 123 Å². The van der Waals surface area contributed by atoms with Crippen LogP contribution in [0.3, 0.4) is 0 Å². The predicted molar refractivity (Wildman–Crippen MR) is 197 cm³/mol. The lowest BCUT2D eigenvalue weighted by Gasteiger charge is -2.26. The first-order valence-corrected chi connectivity index (χ1v) is 15.8. The summed E-state index contributed by atoms with van der Waals surface area (Å²) in [5.74, 6) is 3.10. The summed E-state index contributed by atoms with van der Waals surface area (Å²) >= 11 is 0. The summed E-state index contributed by atoms with van der Waals surface area (Å²) in [4.78, 5) is 0. The first kappa shape index (κ1) is 35.2. The maximum Gasteiger partial charge on any atom is 0.417 e. The van der Waals surface area contributed by atoms with Gasteiger partial charge in [0.1, 0.15) is 23.0 Å². The molecule has 0 aliphatic rings. The Balaban J connectivity index is 0.000000219. The molecular formula is C41H39F3N4O2. The molecule has 6 aromatic rings. The van der Waals surface area contributed by atoms with Crippen LogP contribution in [-0.4, -0.2) is 0 Å². The Morgan fingerprint density at radius 3 is 1.16 bits per heavy atom.